The van der Waals surface area contributed by atoms with Crippen LogP contribution in [-0.2, 0) is 6.54 Å². The number of rotatable bonds is 7. The molecule has 1 heterocycles. The van der Waals surface area contributed by atoms with E-state index in [2.05, 4.69) is 41.6 Å². The molecule has 1 aromatic rings. The van der Waals surface area contributed by atoms with E-state index >= 15 is 0 Å². The summed E-state index contributed by atoms with van der Waals surface area (Å²) in [5.74, 6) is 1.97. The van der Waals surface area contributed by atoms with Crippen molar-refractivity contribution in [3.63, 3.8) is 0 Å². The fourth-order valence-electron chi connectivity index (χ4n) is 2.07. The third-order valence-corrected chi connectivity index (χ3v) is 4.30. The van der Waals surface area contributed by atoms with Gasteiger partial charge in [0.1, 0.15) is 0 Å². The van der Waals surface area contributed by atoms with Crippen LogP contribution in [0.1, 0.15) is 42.4 Å². The maximum atomic E-state index is 4.63. The van der Waals surface area contributed by atoms with Gasteiger partial charge in [-0.3, -0.25) is 0 Å². The summed E-state index contributed by atoms with van der Waals surface area (Å²) in [7, 11) is 0. The third-order valence-electron chi connectivity index (χ3n) is 3.31. The molecule has 0 atom stereocenters. The van der Waals surface area contributed by atoms with E-state index < -0.39 is 0 Å². The predicted molar refractivity (Wildman–Crippen MR) is 99.2 cm³/mol. The van der Waals surface area contributed by atoms with Crippen LogP contribution in [0.25, 0.3) is 0 Å². The summed E-state index contributed by atoms with van der Waals surface area (Å²) >= 11 is 1.83. The number of hydrogen-bond acceptors (Lipinski definition) is 2. The molecule has 2 N–H and O–H groups in total. The molecular weight excluding hydrogens is 381 g/mol. The largest absolute Gasteiger partial charge is 0.357 e. The summed E-state index contributed by atoms with van der Waals surface area (Å²) in [6.07, 6.45) is 5.53. The molecule has 0 radical (unpaired) electrons. The molecule has 1 aromatic heterocycles. The lowest BCUT2D eigenvalue weighted by molar-refractivity contribution is 0.645. The molecule has 114 valence electrons. The molecule has 1 aliphatic carbocycles. The van der Waals surface area contributed by atoms with Crippen molar-refractivity contribution >= 4 is 41.3 Å². The average molecular weight is 407 g/mol. The van der Waals surface area contributed by atoms with E-state index in [1.54, 1.807) is 0 Å². The monoisotopic (exact) mass is 407 g/mol. The number of halogens is 1. The zero-order chi connectivity index (χ0) is 13.5. The number of aliphatic imine (C=N–C) groups is 1. The van der Waals surface area contributed by atoms with Crippen molar-refractivity contribution in [3.8, 4) is 0 Å². The molecule has 0 aromatic carbocycles. The second kappa shape index (κ2) is 9.60. The number of thiophene rings is 1. The van der Waals surface area contributed by atoms with Crippen LogP contribution in [0, 0.1) is 12.8 Å². The average Bonchev–Trinajstić information content (AvgIpc) is 3.13. The van der Waals surface area contributed by atoms with E-state index in [9.17, 15) is 0 Å². The van der Waals surface area contributed by atoms with Crippen LogP contribution >= 0.6 is 35.3 Å². The lowest BCUT2D eigenvalue weighted by Gasteiger charge is -2.10. The van der Waals surface area contributed by atoms with Gasteiger partial charge in [-0.25, -0.2) is 4.99 Å². The molecule has 0 spiro atoms. The molecule has 5 heteroatoms. The number of hydrogen-bond donors (Lipinski definition) is 2. The minimum absolute atomic E-state index is 0. The molecular formula is C15H26IN3S. The Morgan fingerprint density at radius 2 is 2.15 bits per heavy atom. The first kappa shape index (κ1) is 17.8. The zero-order valence-corrected chi connectivity index (χ0v) is 15.6. The van der Waals surface area contributed by atoms with Gasteiger partial charge in [0.2, 0.25) is 0 Å². The number of guanidine groups is 1. The van der Waals surface area contributed by atoms with Crippen LogP contribution in [0.3, 0.4) is 0 Å². The Morgan fingerprint density at radius 1 is 1.35 bits per heavy atom. The molecule has 1 fully saturated rings. The van der Waals surface area contributed by atoms with Gasteiger partial charge in [-0.05, 0) is 44.7 Å². The quantitative estimate of drug-likeness (QED) is 0.311. The molecule has 3 nitrogen and oxygen atoms in total. The Labute approximate surface area is 143 Å². The van der Waals surface area contributed by atoms with Gasteiger partial charge >= 0.3 is 0 Å². The van der Waals surface area contributed by atoms with Crippen molar-refractivity contribution in [3.05, 3.63) is 21.9 Å². The Bertz CT molecular complexity index is 413. The fourth-order valence-corrected chi connectivity index (χ4v) is 2.89. The molecule has 1 saturated carbocycles. The summed E-state index contributed by atoms with van der Waals surface area (Å²) in [6.45, 7) is 6.97. The highest BCUT2D eigenvalue weighted by molar-refractivity contribution is 14.0. The number of nitrogens with zero attached hydrogens (tertiary/aromatic N) is 1. The van der Waals surface area contributed by atoms with Gasteiger partial charge in [-0.2, -0.15) is 0 Å². The minimum atomic E-state index is 0. The highest BCUT2D eigenvalue weighted by Crippen LogP contribution is 2.33. The molecule has 0 amide bonds. The predicted octanol–water partition coefficient (Wildman–Crippen LogP) is 3.92. The van der Waals surface area contributed by atoms with Crippen molar-refractivity contribution < 1.29 is 0 Å². The summed E-state index contributed by atoms with van der Waals surface area (Å²) in [4.78, 5) is 7.31. The number of aryl methyl sites for hydroxylation is 1. The van der Waals surface area contributed by atoms with Gasteiger partial charge in [0.15, 0.2) is 5.96 Å². The highest BCUT2D eigenvalue weighted by atomic mass is 127. The zero-order valence-electron chi connectivity index (χ0n) is 12.4. The van der Waals surface area contributed by atoms with Crippen molar-refractivity contribution in [2.45, 2.75) is 46.1 Å². The van der Waals surface area contributed by atoms with E-state index in [1.807, 2.05) is 11.3 Å². The second-order valence-electron chi connectivity index (χ2n) is 5.22. The summed E-state index contributed by atoms with van der Waals surface area (Å²) in [5.41, 5.74) is 0. The lowest BCUT2D eigenvalue weighted by Crippen LogP contribution is -2.37. The fraction of sp³-hybridized carbons (Fsp3) is 0.667. The van der Waals surface area contributed by atoms with Gasteiger partial charge in [-0.15, -0.1) is 35.3 Å². The van der Waals surface area contributed by atoms with E-state index in [0.29, 0.717) is 0 Å². The van der Waals surface area contributed by atoms with Gasteiger partial charge in [0, 0.05) is 22.8 Å². The molecule has 0 saturated heterocycles. The molecule has 1 aliphatic rings. The normalized spacial score (nSPS) is 14.8. The third kappa shape index (κ3) is 6.92. The van der Waals surface area contributed by atoms with Crippen molar-refractivity contribution in [2.24, 2.45) is 10.9 Å². The van der Waals surface area contributed by atoms with Crippen molar-refractivity contribution in [1.29, 1.82) is 0 Å². The van der Waals surface area contributed by atoms with Crippen LogP contribution < -0.4 is 10.6 Å². The second-order valence-corrected chi connectivity index (χ2v) is 6.59. The van der Waals surface area contributed by atoms with E-state index in [-0.39, 0.29) is 24.0 Å². The molecule has 20 heavy (non-hydrogen) atoms. The smallest absolute Gasteiger partial charge is 0.191 e. The first-order valence-electron chi connectivity index (χ1n) is 7.35. The van der Waals surface area contributed by atoms with Gasteiger partial charge in [0.05, 0.1) is 6.54 Å². The number of nitrogens with one attached hydrogen (secondary N) is 2. The van der Waals surface area contributed by atoms with Crippen LogP contribution in [0.4, 0.5) is 0 Å². The molecule has 2 rings (SSSR count). The standard InChI is InChI=1S/C15H25N3S.HI/c1-3-16-15(17-10-4-5-13-7-8-13)18-11-14-9-6-12(2)19-14;/h6,9,13H,3-5,7-8,10-11H2,1-2H3,(H2,16,17,18);1H. The van der Waals surface area contributed by atoms with Gasteiger partial charge in [-0.1, -0.05) is 12.8 Å². The van der Waals surface area contributed by atoms with E-state index in [0.717, 1.165) is 31.5 Å². The molecule has 0 aliphatic heterocycles. The van der Waals surface area contributed by atoms with Crippen molar-refractivity contribution in [1.82, 2.24) is 10.6 Å². The molecule has 0 unspecified atom stereocenters. The maximum absolute atomic E-state index is 4.63. The summed E-state index contributed by atoms with van der Waals surface area (Å²) in [5, 5.41) is 6.73. The van der Waals surface area contributed by atoms with Crippen LogP contribution in [0.2, 0.25) is 0 Å². The molecule has 0 bridgehead atoms. The maximum Gasteiger partial charge on any atom is 0.191 e. The lowest BCUT2D eigenvalue weighted by atomic mass is 10.2. The Morgan fingerprint density at radius 3 is 2.75 bits per heavy atom. The minimum Gasteiger partial charge on any atom is -0.357 e. The van der Waals surface area contributed by atoms with E-state index in [1.165, 1.54) is 35.4 Å². The first-order chi connectivity index (χ1) is 9.28. The van der Waals surface area contributed by atoms with Crippen LogP contribution in [0.15, 0.2) is 17.1 Å². The van der Waals surface area contributed by atoms with Gasteiger partial charge in [0.25, 0.3) is 0 Å². The Balaban J connectivity index is 0.00000200. The Kier molecular flexibility index (Phi) is 8.52. The summed E-state index contributed by atoms with van der Waals surface area (Å²) < 4.78 is 0. The SMILES string of the molecule is CCNC(=NCc1ccc(C)s1)NCCCC1CC1.I. The van der Waals surface area contributed by atoms with E-state index in [4.69, 9.17) is 0 Å². The van der Waals surface area contributed by atoms with Crippen LogP contribution in [-0.4, -0.2) is 19.0 Å². The van der Waals surface area contributed by atoms with Crippen LogP contribution in [0.5, 0.6) is 0 Å². The topological polar surface area (TPSA) is 36.4 Å². The van der Waals surface area contributed by atoms with Gasteiger partial charge < -0.3 is 10.6 Å². The Hall–Kier alpha value is -0.300. The first-order valence-corrected chi connectivity index (χ1v) is 8.17. The summed E-state index contributed by atoms with van der Waals surface area (Å²) in [6, 6.07) is 4.33. The highest BCUT2D eigenvalue weighted by Gasteiger charge is 2.19. The van der Waals surface area contributed by atoms with Crippen molar-refractivity contribution in [2.75, 3.05) is 13.1 Å².